The number of nitrogens with one attached hydrogen (secondary N) is 1. The molecule has 2 aliphatic rings. The van der Waals surface area contributed by atoms with E-state index in [2.05, 4.69) is 10.4 Å². The minimum atomic E-state index is -0.114. The van der Waals surface area contributed by atoms with Crippen LogP contribution in [0.3, 0.4) is 0 Å². The number of piperidine rings is 1. The summed E-state index contributed by atoms with van der Waals surface area (Å²) >= 11 is 0. The average Bonchev–Trinajstić information content (AvgIpc) is 2.93. The van der Waals surface area contributed by atoms with Gasteiger partial charge in [-0.1, -0.05) is 6.42 Å². The van der Waals surface area contributed by atoms with Gasteiger partial charge in [-0.05, 0) is 19.4 Å². The summed E-state index contributed by atoms with van der Waals surface area (Å²) in [4.78, 5) is 28.1. The Hall–Kier alpha value is -1.89. The van der Waals surface area contributed by atoms with E-state index in [4.69, 9.17) is 0 Å². The van der Waals surface area contributed by atoms with Crippen molar-refractivity contribution >= 4 is 17.5 Å². The van der Waals surface area contributed by atoms with Crippen LogP contribution in [0.2, 0.25) is 0 Å². The van der Waals surface area contributed by atoms with Crippen LogP contribution in [0.1, 0.15) is 19.3 Å². The zero-order valence-electron chi connectivity index (χ0n) is 12.3. The highest BCUT2D eigenvalue weighted by Gasteiger charge is 2.32. The maximum atomic E-state index is 12.4. The first kappa shape index (κ1) is 14.1. The first-order valence-electron chi connectivity index (χ1n) is 7.46. The maximum Gasteiger partial charge on any atom is 0.246 e. The molecule has 0 bridgehead atoms. The lowest BCUT2D eigenvalue weighted by atomic mass is 10.0. The standard InChI is InChI=1S/C14H21N5O2/c1-17-9-11(8-16-17)19-7-6-18(10-13(19)20)14(21)12-4-2-3-5-15-12/h8-9,12,15H,2-7,10H2,1H3. The fraction of sp³-hybridized carbons (Fsp3) is 0.643. The molecule has 7 heteroatoms. The Morgan fingerprint density at radius 1 is 1.38 bits per heavy atom. The highest BCUT2D eigenvalue weighted by atomic mass is 16.2. The molecule has 1 atom stereocenters. The van der Waals surface area contributed by atoms with Crippen LogP contribution in [0, 0.1) is 0 Å². The smallest absolute Gasteiger partial charge is 0.246 e. The lowest BCUT2D eigenvalue weighted by molar-refractivity contribution is -0.139. The lowest BCUT2D eigenvalue weighted by Crippen LogP contribution is -2.57. The Labute approximate surface area is 123 Å². The number of aryl methyl sites for hydroxylation is 1. The van der Waals surface area contributed by atoms with E-state index in [1.54, 1.807) is 20.7 Å². The van der Waals surface area contributed by atoms with E-state index >= 15 is 0 Å². The molecule has 0 spiro atoms. The van der Waals surface area contributed by atoms with Crippen molar-refractivity contribution < 1.29 is 9.59 Å². The summed E-state index contributed by atoms with van der Waals surface area (Å²) in [5, 5.41) is 7.33. The number of carbonyl (C=O) groups excluding carboxylic acids is 2. The van der Waals surface area contributed by atoms with Gasteiger partial charge < -0.3 is 15.1 Å². The first-order valence-corrected chi connectivity index (χ1v) is 7.46. The number of nitrogens with zero attached hydrogens (tertiary/aromatic N) is 4. The topological polar surface area (TPSA) is 70.5 Å². The Bertz CT molecular complexity index is 535. The number of hydrogen-bond donors (Lipinski definition) is 1. The molecule has 3 rings (SSSR count). The van der Waals surface area contributed by atoms with E-state index in [1.807, 2.05) is 13.2 Å². The molecule has 1 aromatic rings. The Morgan fingerprint density at radius 2 is 2.24 bits per heavy atom. The van der Waals surface area contributed by atoms with Crippen LogP contribution in [0.25, 0.3) is 0 Å². The van der Waals surface area contributed by atoms with Crippen molar-refractivity contribution in [2.24, 2.45) is 7.05 Å². The van der Waals surface area contributed by atoms with E-state index in [0.717, 1.165) is 31.5 Å². The molecule has 0 aromatic carbocycles. The number of amides is 2. The van der Waals surface area contributed by atoms with Gasteiger partial charge in [0.05, 0.1) is 17.9 Å². The molecule has 1 unspecified atom stereocenters. The Balaban J connectivity index is 1.62. The molecule has 7 nitrogen and oxygen atoms in total. The Morgan fingerprint density at radius 3 is 2.86 bits per heavy atom. The third-order valence-electron chi connectivity index (χ3n) is 4.14. The number of rotatable bonds is 2. The zero-order chi connectivity index (χ0) is 14.8. The summed E-state index contributed by atoms with van der Waals surface area (Å²) < 4.78 is 1.67. The van der Waals surface area contributed by atoms with Gasteiger partial charge in [-0.3, -0.25) is 14.3 Å². The predicted octanol–water partition coefficient (Wildman–Crippen LogP) is -0.263. The molecule has 114 valence electrons. The minimum Gasteiger partial charge on any atom is -0.330 e. The van der Waals surface area contributed by atoms with Gasteiger partial charge >= 0.3 is 0 Å². The van der Waals surface area contributed by atoms with Crippen LogP contribution in [-0.4, -0.2) is 58.7 Å². The van der Waals surface area contributed by atoms with Gasteiger partial charge in [0.15, 0.2) is 0 Å². The summed E-state index contributed by atoms with van der Waals surface area (Å²) in [6, 6.07) is -0.114. The molecular formula is C14H21N5O2. The monoisotopic (exact) mass is 291 g/mol. The predicted molar refractivity (Wildman–Crippen MR) is 77.8 cm³/mol. The molecule has 0 aliphatic carbocycles. The van der Waals surface area contributed by atoms with Crippen molar-refractivity contribution in [2.75, 3.05) is 31.1 Å². The average molecular weight is 291 g/mol. The van der Waals surface area contributed by atoms with E-state index in [1.165, 1.54) is 0 Å². The van der Waals surface area contributed by atoms with E-state index in [-0.39, 0.29) is 24.4 Å². The number of hydrogen-bond acceptors (Lipinski definition) is 4. The highest BCUT2D eigenvalue weighted by Crippen LogP contribution is 2.17. The van der Waals surface area contributed by atoms with E-state index < -0.39 is 0 Å². The molecule has 2 aliphatic heterocycles. The fourth-order valence-electron chi connectivity index (χ4n) is 2.96. The summed E-state index contributed by atoms with van der Waals surface area (Å²) in [6.07, 6.45) is 6.57. The normalized spacial score (nSPS) is 23.5. The van der Waals surface area contributed by atoms with Gasteiger partial charge in [0.2, 0.25) is 11.8 Å². The highest BCUT2D eigenvalue weighted by molar-refractivity contribution is 5.98. The van der Waals surface area contributed by atoms with Crippen LogP contribution < -0.4 is 10.2 Å². The quantitative estimate of drug-likeness (QED) is 0.815. The van der Waals surface area contributed by atoms with Crippen molar-refractivity contribution in [3.8, 4) is 0 Å². The van der Waals surface area contributed by atoms with Gasteiger partial charge in [0.25, 0.3) is 0 Å². The van der Waals surface area contributed by atoms with Crippen LogP contribution in [0.5, 0.6) is 0 Å². The van der Waals surface area contributed by atoms with E-state index in [0.29, 0.717) is 13.1 Å². The number of anilines is 1. The number of aromatic nitrogens is 2. The van der Waals surface area contributed by atoms with Gasteiger partial charge in [-0.2, -0.15) is 5.10 Å². The van der Waals surface area contributed by atoms with Crippen LogP contribution >= 0.6 is 0 Å². The molecule has 0 saturated carbocycles. The van der Waals surface area contributed by atoms with E-state index in [9.17, 15) is 9.59 Å². The molecular weight excluding hydrogens is 270 g/mol. The lowest BCUT2D eigenvalue weighted by Gasteiger charge is -2.36. The second-order valence-corrected chi connectivity index (χ2v) is 5.68. The molecule has 2 fully saturated rings. The second-order valence-electron chi connectivity index (χ2n) is 5.68. The van der Waals surface area contributed by atoms with Crippen molar-refractivity contribution in [3.63, 3.8) is 0 Å². The van der Waals surface area contributed by atoms with Crippen molar-refractivity contribution in [3.05, 3.63) is 12.4 Å². The van der Waals surface area contributed by atoms with Crippen molar-refractivity contribution in [1.82, 2.24) is 20.0 Å². The molecule has 2 saturated heterocycles. The summed E-state index contributed by atoms with van der Waals surface area (Å²) in [5.74, 6) is 0.0206. The van der Waals surface area contributed by atoms with Gasteiger partial charge in [0.1, 0.15) is 6.54 Å². The first-order chi connectivity index (χ1) is 10.1. The van der Waals surface area contributed by atoms with Crippen LogP contribution in [-0.2, 0) is 16.6 Å². The number of carbonyl (C=O) groups is 2. The third-order valence-corrected chi connectivity index (χ3v) is 4.14. The van der Waals surface area contributed by atoms with Crippen LogP contribution in [0.15, 0.2) is 12.4 Å². The molecule has 21 heavy (non-hydrogen) atoms. The summed E-state index contributed by atoms with van der Waals surface area (Å²) in [6.45, 7) is 2.16. The van der Waals surface area contributed by atoms with Crippen molar-refractivity contribution in [2.45, 2.75) is 25.3 Å². The fourth-order valence-corrected chi connectivity index (χ4v) is 2.96. The maximum absolute atomic E-state index is 12.4. The Kier molecular flexibility index (Phi) is 3.92. The zero-order valence-corrected chi connectivity index (χ0v) is 12.3. The van der Waals surface area contributed by atoms with Gasteiger partial charge in [-0.15, -0.1) is 0 Å². The summed E-state index contributed by atoms with van der Waals surface area (Å²) in [5.41, 5.74) is 0.797. The third kappa shape index (κ3) is 2.92. The minimum absolute atomic E-state index is 0.0431. The molecule has 0 radical (unpaired) electrons. The van der Waals surface area contributed by atoms with Crippen molar-refractivity contribution in [1.29, 1.82) is 0 Å². The number of piperazine rings is 1. The van der Waals surface area contributed by atoms with Gasteiger partial charge in [0, 0.05) is 26.3 Å². The van der Waals surface area contributed by atoms with Gasteiger partial charge in [-0.25, -0.2) is 0 Å². The molecule has 1 aromatic heterocycles. The molecule has 2 amide bonds. The molecule has 3 heterocycles. The largest absolute Gasteiger partial charge is 0.330 e. The second kappa shape index (κ2) is 5.85. The van der Waals surface area contributed by atoms with Crippen LogP contribution in [0.4, 0.5) is 5.69 Å². The summed E-state index contributed by atoms with van der Waals surface area (Å²) in [7, 11) is 1.82. The SMILES string of the molecule is Cn1cc(N2CCN(C(=O)C3CCCCN3)CC2=O)cn1. The molecule has 1 N–H and O–H groups in total.